The summed E-state index contributed by atoms with van der Waals surface area (Å²) in [6.45, 7) is 0.284. The number of pyridine rings is 2. The second-order valence-corrected chi connectivity index (χ2v) is 14.2. The van der Waals surface area contributed by atoms with Crippen LogP contribution >= 0.6 is 0 Å². The Balaban J connectivity index is 1.15. The maximum absolute atomic E-state index is 13.9. The van der Waals surface area contributed by atoms with Crippen LogP contribution in [-0.2, 0) is 53.8 Å². The minimum Gasteiger partial charge on any atom is -0.458 e. The average molecular weight is 744 g/mol. The van der Waals surface area contributed by atoms with Crippen LogP contribution in [0.25, 0.3) is 22.3 Å². The zero-order valence-corrected chi connectivity index (χ0v) is 28.7. The van der Waals surface area contributed by atoms with Crippen molar-refractivity contribution < 1.29 is 69.3 Å². The van der Waals surface area contributed by atoms with E-state index in [2.05, 4.69) is 0 Å². The molecule has 0 bridgehead atoms. The Morgan fingerprint density at radius 2 is 1.60 bits per heavy atom. The Hall–Kier alpha value is -3.47. The van der Waals surface area contributed by atoms with Crippen LogP contribution in [0.15, 0.2) is 29.1 Å². The fourth-order valence-electron chi connectivity index (χ4n) is 8.18. The molecule has 0 amide bonds. The number of carbonyl (C=O) groups excluding carboxylic acids is 1. The number of ether oxygens (including phenoxy) is 5. The number of benzene rings is 1. The number of esters is 1. The third-order valence-electron chi connectivity index (χ3n) is 11.1. The van der Waals surface area contributed by atoms with Crippen LogP contribution in [0.3, 0.4) is 0 Å². The summed E-state index contributed by atoms with van der Waals surface area (Å²) in [7, 11) is 1.77. The third kappa shape index (κ3) is 5.48. The highest BCUT2D eigenvalue weighted by Crippen LogP contribution is 2.46. The van der Waals surface area contributed by atoms with E-state index in [0.717, 1.165) is 10.9 Å². The van der Waals surface area contributed by atoms with Gasteiger partial charge in [-0.2, -0.15) is 0 Å². The van der Waals surface area contributed by atoms with E-state index in [1.807, 2.05) is 23.1 Å². The molecule has 8 N–H and O–H groups in total. The SMILES string of the molecule is CCC1(O)C(=O)OCc2c1cc1n(c2=O)Cc2c-1nc1cccc3c1c2C(O[C@H]1O[C@H](CO)[C@H](O[C@H]2O[C@H](CO)[C@@H](O)[C@H](O)[C@H]2O)[C@H](O)[C@H]1O)N(C)C3. The van der Waals surface area contributed by atoms with Crippen LogP contribution in [0.1, 0.15) is 47.4 Å². The van der Waals surface area contributed by atoms with Crippen molar-refractivity contribution in [3.8, 4) is 11.4 Å². The largest absolute Gasteiger partial charge is 0.458 e. The number of cyclic esters (lactones) is 1. The van der Waals surface area contributed by atoms with E-state index in [4.69, 9.17) is 28.7 Å². The van der Waals surface area contributed by atoms with Crippen molar-refractivity contribution in [3.05, 3.63) is 62.4 Å². The number of aromatic nitrogens is 2. The van der Waals surface area contributed by atoms with Gasteiger partial charge in [0.15, 0.2) is 18.2 Å². The standard InChI is InChI=1S/C35H41N3O15/c1-3-35(48)16-7-18-23-14(9-38(18)30(46)15(16)12-49-34(35)47)22-21-13(5-4-6-17(21)36-23)8-37(2)31(22)53-33-28(45)26(43)29(20(11-40)51-33)52-32-27(44)25(42)24(41)19(10-39)50-32/h4-7,19-20,24-29,31-33,39-45,48H,3,8-12H2,1-2H3/t19-,20-,24-,25+,26-,27-,28-,29+,31?,32-,33-,35?/m1/s1. The highest BCUT2D eigenvalue weighted by molar-refractivity contribution is 5.92. The van der Waals surface area contributed by atoms with Crippen molar-refractivity contribution in [1.29, 1.82) is 0 Å². The third-order valence-corrected chi connectivity index (χ3v) is 11.1. The highest BCUT2D eigenvalue weighted by Gasteiger charge is 2.52. The van der Waals surface area contributed by atoms with Gasteiger partial charge in [0.25, 0.3) is 5.56 Å². The van der Waals surface area contributed by atoms with Gasteiger partial charge in [0.1, 0.15) is 61.7 Å². The molecule has 12 atom stereocenters. The lowest BCUT2D eigenvalue weighted by Gasteiger charge is -2.47. The topological polar surface area (TPSA) is 263 Å². The Labute approximate surface area is 300 Å². The molecule has 5 aliphatic heterocycles. The van der Waals surface area contributed by atoms with Gasteiger partial charge in [0.05, 0.1) is 42.2 Å². The Morgan fingerprint density at radius 1 is 0.906 bits per heavy atom. The lowest BCUT2D eigenvalue weighted by Crippen LogP contribution is -2.64. The molecule has 2 aromatic heterocycles. The van der Waals surface area contributed by atoms with E-state index < -0.39 is 98.0 Å². The Bertz CT molecular complexity index is 2010. The van der Waals surface area contributed by atoms with Crippen LogP contribution in [0.2, 0.25) is 0 Å². The van der Waals surface area contributed by atoms with Crippen molar-refractivity contribution in [2.75, 3.05) is 20.3 Å². The maximum Gasteiger partial charge on any atom is 0.343 e. The van der Waals surface area contributed by atoms with Gasteiger partial charge in [0, 0.05) is 28.6 Å². The van der Waals surface area contributed by atoms with Crippen molar-refractivity contribution in [2.45, 2.75) is 106 Å². The van der Waals surface area contributed by atoms with Crippen LogP contribution in [-0.4, -0.2) is 143 Å². The molecule has 286 valence electrons. The Morgan fingerprint density at radius 3 is 2.32 bits per heavy atom. The van der Waals surface area contributed by atoms with Crippen molar-refractivity contribution >= 4 is 16.9 Å². The number of hydrogen-bond donors (Lipinski definition) is 8. The number of aliphatic hydroxyl groups excluding tert-OH is 7. The minimum atomic E-state index is -2.02. The highest BCUT2D eigenvalue weighted by atomic mass is 16.7. The molecule has 2 saturated heterocycles. The van der Waals surface area contributed by atoms with Crippen LogP contribution in [0, 0.1) is 0 Å². The zero-order chi connectivity index (χ0) is 37.7. The molecule has 0 saturated carbocycles. The van der Waals surface area contributed by atoms with Crippen LogP contribution in [0.5, 0.6) is 0 Å². The molecule has 0 spiro atoms. The molecule has 1 aromatic carbocycles. The Kier molecular flexibility index (Phi) is 9.21. The summed E-state index contributed by atoms with van der Waals surface area (Å²) in [4.78, 5) is 33.4. The first-order chi connectivity index (χ1) is 25.3. The number of hydrogen-bond acceptors (Lipinski definition) is 17. The molecule has 18 nitrogen and oxygen atoms in total. The molecule has 53 heavy (non-hydrogen) atoms. The minimum absolute atomic E-state index is 0.0200. The normalized spacial score (nSPS) is 36.6. The van der Waals surface area contributed by atoms with Gasteiger partial charge >= 0.3 is 5.97 Å². The van der Waals surface area contributed by atoms with Crippen LogP contribution in [0.4, 0.5) is 0 Å². The number of rotatable bonds is 7. The predicted octanol–water partition coefficient (Wildman–Crippen LogP) is -2.84. The van der Waals surface area contributed by atoms with Crippen molar-refractivity contribution in [2.24, 2.45) is 0 Å². The smallest absolute Gasteiger partial charge is 0.343 e. The van der Waals surface area contributed by atoms with Gasteiger partial charge in [-0.1, -0.05) is 19.1 Å². The molecule has 5 aliphatic rings. The van der Waals surface area contributed by atoms with Crippen LogP contribution < -0.4 is 5.56 Å². The fraction of sp³-hybridized carbons (Fsp3) is 0.571. The molecule has 8 rings (SSSR count). The summed E-state index contributed by atoms with van der Waals surface area (Å²) < 4.78 is 30.3. The second kappa shape index (κ2) is 13.4. The van der Waals surface area contributed by atoms with Gasteiger partial charge in [-0.05, 0) is 31.2 Å². The number of fused-ring (bicyclic) bond motifs is 5. The number of carbonyl (C=O) groups is 1. The summed E-state index contributed by atoms with van der Waals surface area (Å²) in [5.41, 5.74) is 1.39. The molecule has 0 aliphatic carbocycles. The van der Waals surface area contributed by atoms with Crippen molar-refractivity contribution in [3.63, 3.8) is 0 Å². The van der Waals surface area contributed by atoms with E-state index in [1.165, 1.54) is 4.57 Å². The van der Waals surface area contributed by atoms with Crippen molar-refractivity contribution in [1.82, 2.24) is 14.5 Å². The predicted molar refractivity (Wildman–Crippen MR) is 176 cm³/mol. The second-order valence-electron chi connectivity index (χ2n) is 14.2. The van der Waals surface area contributed by atoms with E-state index in [9.17, 15) is 50.4 Å². The summed E-state index contributed by atoms with van der Waals surface area (Å²) in [5.74, 6) is -0.841. The van der Waals surface area contributed by atoms with E-state index >= 15 is 0 Å². The molecule has 2 unspecified atom stereocenters. The summed E-state index contributed by atoms with van der Waals surface area (Å²) in [6, 6.07) is 7.20. The monoisotopic (exact) mass is 743 g/mol. The first-order valence-electron chi connectivity index (χ1n) is 17.4. The van der Waals surface area contributed by atoms with E-state index in [-0.39, 0.29) is 30.7 Å². The van der Waals surface area contributed by atoms with Gasteiger partial charge in [-0.25, -0.2) is 9.78 Å². The van der Waals surface area contributed by atoms with Gasteiger partial charge in [-0.3, -0.25) is 9.69 Å². The molecule has 3 aromatic rings. The first-order valence-corrected chi connectivity index (χ1v) is 17.4. The first kappa shape index (κ1) is 36.5. The molecule has 2 fully saturated rings. The number of nitrogens with zero attached hydrogens (tertiary/aromatic N) is 3. The van der Waals surface area contributed by atoms with Gasteiger partial charge in [-0.15, -0.1) is 0 Å². The lowest BCUT2D eigenvalue weighted by atomic mass is 9.86. The lowest BCUT2D eigenvalue weighted by molar-refractivity contribution is -0.367. The molecule has 18 heteroatoms. The maximum atomic E-state index is 13.9. The molecular weight excluding hydrogens is 702 g/mol. The quantitative estimate of drug-likeness (QED) is 0.0887. The van der Waals surface area contributed by atoms with E-state index in [0.29, 0.717) is 34.6 Å². The molecule has 7 heterocycles. The van der Waals surface area contributed by atoms with Gasteiger partial charge < -0.3 is 69.1 Å². The molecule has 0 radical (unpaired) electrons. The summed E-state index contributed by atoms with van der Waals surface area (Å²) in [6.07, 6.45) is -17.2. The van der Waals surface area contributed by atoms with Gasteiger partial charge in [0.2, 0.25) is 0 Å². The van der Waals surface area contributed by atoms with E-state index in [1.54, 1.807) is 20.0 Å². The average Bonchev–Trinajstić information content (AvgIpc) is 3.52. The fourth-order valence-corrected chi connectivity index (χ4v) is 8.18. The summed E-state index contributed by atoms with van der Waals surface area (Å²) >= 11 is 0. The zero-order valence-electron chi connectivity index (χ0n) is 28.7. The number of aliphatic hydroxyl groups is 8. The molecular formula is C35H41N3O15. The summed E-state index contributed by atoms with van der Waals surface area (Å²) in [5, 5.41) is 85.5.